The Morgan fingerprint density at radius 2 is 0.533 bits per heavy atom. The van der Waals surface area contributed by atoms with Gasteiger partial charge in [0.15, 0.2) is 0 Å². The molecule has 0 aliphatic rings. The average molecular weight is 986 g/mol. The first kappa shape index (κ1) is 42.4. The van der Waals surface area contributed by atoms with Crippen molar-refractivity contribution in [2.45, 2.75) is 0 Å². The van der Waals surface area contributed by atoms with Crippen LogP contribution in [0.1, 0.15) is 0 Å². The molecule has 0 N–H and O–H groups in total. The van der Waals surface area contributed by atoms with Gasteiger partial charge < -0.3 is 4.57 Å². The smallest absolute Gasteiger partial charge is 0.0547 e. The molecule has 0 fully saturated rings. The largest absolute Gasteiger partial charge is 0.309 e. The lowest BCUT2D eigenvalue weighted by Gasteiger charge is -2.14. The second-order valence-electron chi connectivity index (χ2n) is 19.9. The minimum Gasteiger partial charge on any atom is -0.309 e. The van der Waals surface area contributed by atoms with Gasteiger partial charge >= 0.3 is 0 Å². The lowest BCUT2D eigenvalue weighted by molar-refractivity contribution is 1.18. The zero-order valence-electron chi connectivity index (χ0n) is 40.6. The van der Waals surface area contributed by atoms with Gasteiger partial charge in [-0.3, -0.25) is 0 Å². The van der Waals surface area contributed by atoms with E-state index in [1.54, 1.807) is 0 Å². The van der Waals surface area contributed by atoms with Crippen molar-refractivity contribution in [1.82, 2.24) is 4.57 Å². The molecule has 0 atom stereocenters. The summed E-state index contributed by atoms with van der Waals surface area (Å²) < 4.78 is 7.80. The molecule has 0 saturated heterocycles. The molecule has 16 rings (SSSR count). The van der Waals surface area contributed by atoms with Gasteiger partial charge in [-0.15, -0.1) is 22.7 Å². The van der Waals surface area contributed by atoms with Crippen molar-refractivity contribution in [2.75, 3.05) is 0 Å². The molecule has 3 aromatic heterocycles. The van der Waals surface area contributed by atoms with Crippen molar-refractivity contribution in [2.24, 2.45) is 0 Å². The average Bonchev–Trinajstić information content (AvgIpc) is 4.18. The van der Waals surface area contributed by atoms with E-state index in [1.807, 2.05) is 22.7 Å². The van der Waals surface area contributed by atoms with E-state index in [9.17, 15) is 0 Å². The van der Waals surface area contributed by atoms with Crippen LogP contribution in [0.5, 0.6) is 0 Å². The van der Waals surface area contributed by atoms with Gasteiger partial charge in [0.2, 0.25) is 0 Å². The highest BCUT2D eigenvalue weighted by atomic mass is 32.1. The van der Waals surface area contributed by atoms with E-state index in [-0.39, 0.29) is 0 Å². The molecule has 0 spiro atoms. The van der Waals surface area contributed by atoms with Crippen molar-refractivity contribution in [3.63, 3.8) is 0 Å². The zero-order chi connectivity index (χ0) is 49.1. The quantitative estimate of drug-likeness (QED) is 0.146. The first-order valence-corrected chi connectivity index (χ1v) is 27.4. The van der Waals surface area contributed by atoms with Crippen molar-refractivity contribution in [1.29, 1.82) is 0 Å². The summed E-state index contributed by atoms with van der Waals surface area (Å²) >= 11 is 3.82. The normalized spacial score (nSPS) is 12.0. The molecule has 0 saturated carbocycles. The summed E-state index contributed by atoms with van der Waals surface area (Å²) in [6.45, 7) is 0. The molecule has 0 amide bonds. The van der Waals surface area contributed by atoms with Crippen molar-refractivity contribution in [3.8, 4) is 61.3 Å². The van der Waals surface area contributed by atoms with Gasteiger partial charge in [0, 0.05) is 56.8 Å². The Bertz CT molecular complexity index is 4750. The molecule has 1 nitrogen and oxygen atoms in total. The lowest BCUT2D eigenvalue weighted by Crippen LogP contribution is -1.95. The molecule has 348 valence electrons. The number of nitrogens with zero attached hydrogens (tertiary/aromatic N) is 1. The van der Waals surface area contributed by atoms with E-state index in [0.717, 1.165) is 5.69 Å². The lowest BCUT2D eigenvalue weighted by atomic mass is 9.92. The number of thiophene rings is 2. The number of fused-ring (bicyclic) bond motifs is 15. The predicted octanol–water partition coefficient (Wildman–Crippen LogP) is 21.3. The third-order valence-electron chi connectivity index (χ3n) is 15.8. The number of hydrogen-bond acceptors (Lipinski definition) is 2. The summed E-state index contributed by atoms with van der Waals surface area (Å²) in [7, 11) is 0. The Kier molecular flexibility index (Phi) is 9.44. The molecule has 0 aliphatic heterocycles. The van der Waals surface area contributed by atoms with E-state index in [0.29, 0.717) is 0 Å². The summed E-state index contributed by atoms with van der Waals surface area (Å²) in [6.07, 6.45) is 0. The van der Waals surface area contributed by atoms with Crippen LogP contribution in [0.4, 0.5) is 0 Å². The van der Waals surface area contributed by atoms with Crippen molar-refractivity contribution in [3.05, 3.63) is 261 Å². The fraction of sp³-hybridized carbons (Fsp3) is 0. The molecule has 0 unspecified atom stereocenters. The van der Waals surface area contributed by atoms with Crippen molar-refractivity contribution >= 4 is 117 Å². The summed E-state index contributed by atoms with van der Waals surface area (Å²) in [5, 5.41) is 15.4. The van der Waals surface area contributed by atoms with Gasteiger partial charge in [-0.1, -0.05) is 231 Å². The molecule has 0 bridgehead atoms. The summed E-state index contributed by atoms with van der Waals surface area (Å²) in [6, 6.07) is 97.2. The Balaban J connectivity index is 0.918. The molecule has 16 aromatic rings. The molecule has 0 radical (unpaired) electrons. The molecular formula is C72H43NS2. The minimum absolute atomic E-state index is 1.13. The van der Waals surface area contributed by atoms with E-state index in [4.69, 9.17) is 0 Å². The van der Waals surface area contributed by atoms with Crippen LogP contribution in [-0.2, 0) is 0 Å². The highest BCUT2D eigenvalue weighted by molar-refractivity contribution is 7.27. The molecule has 13 aromatic carbocycles. The van der Waals surface area contributed by atoms with Gasteiger partial charge in [0.25, 0.3) is 0 Å². The summed E-state index contributed by atoms with van der Waals surface area (Å²) in [4.78, 5) is 0. The van der Waals surface area contributed by atoms with Crippen molar-refractivity contribution < 1.29 is 0 Å². The summed E-state index contributed by atoms with van der Waals surface area (Å²) in [5.74, 6) is 0. The number of aromatic nitrogens is 1. The number of benzene rings is 13. The first-order chi connectivity index (χ1) is 37.2. The van der Waals surface area contributed by atoms with Crippen LogP contribution in [0.3, 0.4) is 0 Å². The van der Waals surface area contributed by atoms with Crippen LogP contribution in [0.25, 0.3) is 156 Å². The van der Waals surface area contributed by atoms with Crippen LogP contribution >= 0.6 is 22.7 Å². The van der Waals surface area contributed by atoms with E-state index < -0.39 is 0 Å². The molecule has 3 heteroatoms. The third kappa shape index (κ3) is 6.55. The van der Waals surface area contributed by atoms with Gasteiger partial charge in [0.05, 0.1) is 11.0 Å². The topological polar surface area (TPSA) is 4.93 Å². The van der Waals surface area contributed by atoms with E-state index >= 15 is 0 Å². The zero-order valence-corrected chi connectivity index (χ0v) is 42.2. The van der Waals surface area contributed by atoms with Crippen LogP contribution in [0, 0.1) is 0 Å². The van der Waals surface area contributed by atoms with Crippen LogP contribution in [-0.4, -0.2) is 4.57 Å². The van der Waals surface area contributed by atoms with Crippen LogP contribution in [0.15, 0.2) is 261 Å². The maximum atomic E-state index is 2.53. The highest BCUT2D eigenvalue weighted by Crippen LogP contribution is 2.48. The Hall–Kier alpha value is -9.12. The van der Waals surface area contributed by atoms with Gasteiger partial charge in [0.1, 0.15) is 0 Å². The third-order valence-corrected chi connectivity index (χ3v) is 18.4. The maximum absolute atomic E-state index is 2.53. The molecule has 75 heavy (non-hydrogen) atoms. The van der Waals surface area contributed by atoms with Gasteiger partial charge in [-0.05, 0) is 118 Å². The van der Waals surface area contributed by atoms with Crippen LogP contribution in [0.2, 0.25) is 0 Å². The van der Waals surface area contributed by atoms with Crippen LogP contribution < -0.4 is 0 Å². The minimum atomic E-state index is 1.13. The first-order valence-electron chi connectivity index (χ1n) is 25.7. The van der Waals surface area contributed by atoms with E-state index in [2.05, 4.69) is 265 Å². The fourth-order valence-corrected chi connectivity index (χ4v) is 15.1. The maximum Gasteiger partial charge on any atom is 0.0547 e. The second kappa shape index (κ2) is 16.7. The van der Waals surface area contributed by atoms with E-state index in [1.165, 1.54) is 150 Å². The predicted molar refractivity (Wildman–Crippen MR) is 326 cm³/mol. The Labute approximate surface area is 441 Å². The monoisotopic (exact) mass is 985 g/mol. The molecular weight excluding hydrogens is 943 g/mol. The molecule has 0 aliphatic carbocycles. The highest BCUT2D eigenvalue weighted by Gasteiger charge is 2.20. The standard InChI is InChI=1S/C72H43NS2/c1-3-16-44(17-4-1)51-26-12-30-62-64-32-14-28-53(71(64)74-69(51)62)48-35-38-60-61-39-36-49(54-29-15-33-65-63-31-13-27-52(70(63)75-72(54)65)45-18-5-2-6-19-45)43-68(61)73(67(60)42-48)50-21-11-20-46(40-50)47-34-37-59-57-24-8-7-22-55(57)56-23-9-10-25-58(56)66(59)41-47/h1-43H. The second-order valence-corrected chi connectivity index (χ2v) is 21.9. The van der Waals surface area contributed by atoms with Gasteiger partial charge in [-0.2, -0.15) is 0 Å². The number of rotatable bonds is 6. The number of hydrogen-bond donors (Lipinski definition) is 0. The Morgan fingerprint density at radius 3 is 1.00 bits per heavy atom. The van der Waals surface area contributed by atoms with Gasteiger partial charge in [-0.25, -0.2) is 0 Å². The molecule has 3 heterocycles. The summed E-state index contributed by atoms with van der Waals surface area (Å²) in [5.41, 5.74) is 15.9. The SMILES string of the molecule is c1ccc(-c2cccc3c2sc2c(-c4ccc5c6ccc(-c7cccc8c7sc7c(-c9ccccc9)cccc78)cc6n(-c6cccc(-c7ccc8c9ccccc9c9ccccc9c8c7)c6)c5c4)cccc23)cc1. The Morgan fingerprint density at radius 1 is 0.200 bits per heavy atom. The fourth-order valence-electron chi connectivity index (χ4n) is 12.3.